The Morgan fingerprint density at radius 3 is 2.47 bits per heavy atom. The normalized spacial score (nSPS) is 17.3. The van der Waals surface area contributed by atoms with E-state index in [1.165, 1.54) is 18.3 Å². The van der Waals surface area contributed by atoms with Crippen molar-refractivity contribution in [2.24, 2.45) is 10.4 Å². The summed E-state index contributed by atoms with van der Waals surface area (Å²) in [5, 5.41) is 26.6. The van der Waals surface area contributed by atoms with Crippen molar-refractivity contribution in [3.8, 4) is 22.4 Å². The van der Waals surface area contributed by atoms with Crippen LogP contribution in [0.15, 0.2) is 72.1 Å². The molecule has 3 N–H and O–H groups in total. The summed E-state index contributed by atoms with van der Waals surface area (Å²) >= 11 is 6.54. The number of aliphatic hydroxyl groups excluding tert-OH is 1. The number of halogens is 4. The number of aromatic nitrogens is 3. The molecule has 14 heteroatoms. The molecule has 0 bridgehead atoms. The maximum Gasteiger partial charge on any atom is 0.411 e. The number of aliphatic hydroxyl groups is 1. The third kappa shape index (κ3) is 6.58. The van der Waals surface area contributed by atoms with E-state index in [0.717, 1.165) is 22.7 Å². The van der Waals surface area contributed by atoms with Gasteiger partial charge in [-0.1, -0.05) is 56.6 Å². The molecule has 0 radical (unpaired) electrons. The molecule has 0 aliphatic carbocycles. The zero-order valence-corrected chi connectivity index (χ0v) is 26.6. The first-order valence-electron chi connectivity index (χ1n) is 14.5. The third-order valence-electron chi connectivity index (χ3n) is 7.78. The number of alkyl halides is 2. The zero-order chi connectivity index (χ0) is 34.3. The fourth-order valence-electron chi connectivity index (χ4n) is 5.86. The molecule has 1 aliphatic heterocycles. The third-order valence-corrected chi connectivity index (χ3v) is 8.11. The van der Waals surface area contributed by atoms with Crippen molar-refractivity contribution in [2.45, 2.75) is 52.2 Å². The molecule has 246 valence electrons. The molecule has 3 heterocycles. The number of nitrogens with one attached hydrogen (secondary N) is 1. The Labute approximate surface area is 273 Å². The first kappa shape index (κ1) is 33.6. The molecule has 1 aliphatic rings. The number of benzene rings is 2. The fraction of sp³-hybridized carbons (Fsp3) is 0.303. The number of hydrogen-bond acceptors (Lipinski definition) is 6. The maximum atomic E-state index is 16.2. The Morgan fingerprint density at radius 2 is 1.87 bits per heavy atom. The van der Waals surface area contributed by atoms with Crippen molar-refractivity contribution < 1.29 is 33.0 Å². The average molecular weight is 669 g/mol. The van der Waals surface area contributed by atoms with E-state index in [4.69, 9.17) is 11.6 Å². The molecule has 1 unspecified atom stereocenters. The molecule has 5 rings (SSSR count). The van der Waals surface area contributed by atoms with E-state index in [9.17, 15) is 28.6 Å². The number of rotatable bonds is 8. The molecule has 0 saturated heterocycles. The quantitative estimate of drug-likeness (QED) is 0.186. The van der Waals surface area contributed by atoms with E-state index in [2.05, 4.69) is 20.4 Å². The molecule has 0 saturated carbocycles. The summed E-state index contributed by atoms with van der Waals surface area (Å²) in [6, 6.07) is 11.2. The highest BCUT2D eigenvalue weighted by molar-refractivity contribution is 6.33. The van der Waals surface area contributed by atoms with Crippen LogP contribution in [0.4, 0.5) is 18.0 Å². The maximum absolute atomic E-state index is 16.2. The fourth-order valence-corrected chi connectivity index (χ4v) is 6.07. The van der Waals surface area contributed by atoms with Gasteiger partial charge in [-0.3, -0.25) is 20.0 Å². The van der Waals surface area contributed by atoms with E-state index in [-0.39, 0.29) is 23.1 Å². The van der Waals surface area contributed by atoms with Crippen LogP contribution in [0.2, 0.25) is 5.02 Å². The van der Waals surface area contributed by atoms with E-state index in [0.29, 0.717) is 26.5 Å². The van der Waals surface area contributed by atoms with Crippen LogP contribution in [0.25, 0.3) is 22.4 Å². The highest BCUT2D eigenvalue weighted by Crippen LogP contribution is 2.46. The average Bonchev–Trinajstić information content (AvgIpc) is 3.58. The summed E-state index contributed by atoms with van der Waals surface area (Å²) < 4.78 is 42.8. The molecule has 0 spiro atoms. The summed E-state index contributed by atoms with van der Waals surface area (Å²) in [5.74, 6) is -2.05. The number of carbonyl (C=O) groups excluding carboxylic acids is 1. The molecule has 2 aromatic heterocycles. The molecule has 2 aromatic carbocycles. The number of pyridine rings is 1. The van der Waals surface area contributed by atoms with Crippen LogP contribution in [-0.4, -0.2) is 54.4 Å². The van der Waals surface area contributed by atoms with Gasteiger partial charge in [-0.15, -0.1) is 0 Å². The second kappa shape index (κ2) is 12.8. The number of carbonyl (C=O) groups is 2. The van der Waals surface area contributed by atoms with Crippen LogP contribution < -0.4 is 5.32 Å². The van der Waals surface area contributed by atoms with Crippen LogP contribution in [-0.2, 0) is 10.3 Å². The Balaban J connectivity index is 1.65. The van der Waals surface area contributed by atoms with E-state index in [1.54, 1.807) is 30.5 Å². The van der Waals surface area contributed by atoms with Crippen LogP contribution in [0.3, 0.4) is 0 Å². The first-order chi connectivity index (χ1) is 22.1. The number of nitrogens with zero attached hydrogens (tertiary/aromatic N) is 5. The molecule has 4 aromatic rings. The van der Waals surface area contributed by atoms with Gasteiger partial charge in [-0.25, -0.2) is 18.9 Å². The number of aryl methyl sites for hydroxylation is 1. The Hall–Kier alpha value is -4.75. The number of carboxylic acid groups (broad SMARTS) is 1. The Morgan fingerprint density at radius 1 is 1.13 bits per heavy atom. The predicted molar refractivity (Wildman–Crippen MR) is 169 cm³/mol. The lowest BCUT2D eigenvalue weighted by Gasteiger charge is -2.35. The topological polar surface area (TPSA) is 133 Å². The van der Waals surface area contributed by atoms with Crippen molar-refractivity contribution in [2.75, 3.05) is 6.61 Å². The largest absolute Gasteiger partial charge is 0.465 e. The standard InChI is InChI=1S/C33H32ClF3N6O4/c1-18-6-5-11-38-27(18)22-12-20(8-10-24(22)34)26(16-44)43-28(45)33(17-32(2,3)4,41-30(43)40-31(46)47)23-9-7-19(13-25(23)35)21-14-39-42(15-21)29(36)37/h5-15,26,29,44H,16-17H2,1-4H3,(H,40,41)(H,46,47)/t26-,33?/m1/s1. The summed E-state index contributed by atoms with van der Waals surface area (Å²) in [5.41, 5.74) is -0.0126. The van der Waals surface area contributed by atoms with Gasteiger partial charge >= 0.3 is 12.6 Å². The molecule has 2 atom stereocenters. The second-order valence-electron chi connectivity index (χ2n) is 12.4. The van der Waals surface area contributed by atoms with Crippen LogP contribution in [0.1, 0.15) is 56.5 Å². The number of hydrogen-bond donors (Lipinski definition) is 3. The molecule has 10 nitrogen and oxygen atoms in total. The minimum atomic E-state index is -2.89. The summed E-state index contributed by atoms with van der Waals surface area (Å²) in [4.78, 5) is 36.7. The summed E-state index contributed by atoms with van der Waals surface area (Å²) in [6.07, 6.45) is 2.25. The molecule has 0 fully saturated rings. The minimum Gasteiger partial charge on any atom is -0.465 e. The molecule has 2 amide bonds. The van der Waals surface area contributed by atoms with Gasteiger partial charge in [0.05, 0.1) is 24.5 Å². The minimum absolute atomic E-state index is 0.0587. The van der Waals surface area contributed by atoms with Crippen LogP contribution in [0, 0.1) is 18.2 Å². The van der Waals surface area contributed by atoms with E-state index >= 15 is 4.39 Å². The lowest BCUT2D eigenvalue weighted by Crippen LogP contribution is -2.49. The van der Waals surface area contributed by atoms with Crippen LogP contribution >= 0.6 is 11.6 Å². The van der Waals surface area contributed by atoms with E-state index in [1.807, 2.05) is 33.8 Å². The van der Waals surface area contributed by atoms with Gasteiger partial charge in [0.25, 0.3) is 5.91 Å². The SMILES string of the molecule is Cc1cccnc1-c1cc([C@@H](CO)N2C(=O)C(CC(C)(C)C)(c3ccc(-c4cnn(C(F)F)c4)cc3F)N=C2NC(=O)O)ccc1Cl. The predicted octanol–water partition coefficient (Wildman–Crippen LogP) is 6.94. The van der Waals surface area contributed by atoms with Gasteiger partial charge in [0, 0.05) is 34.1 Å². The lowest BCUT2D eigenvalue weighted by atomic mass is 9.75. The van der Waals surface area contributed by atoms with Gasteiger partial charge in [0.15, 0.2) is 5.54 Å². The van der Waals surface area contributed by atoms with Gasteiger partial charge in [-0.2, -0.15) is 13.9 Å². The van der Waals surface area contributed by atoms with Crippen molar-refractivity contribution in [1.29, 1.82) is 0 Å². The first-order valence-corrected chi connectivity index (χ1v) is 14.9. The van der Waals surface area contributed by atoms with E-state index < -0.39 is 53.9 Å². The second-order valence-corrected chi connectivity index (χ2v) is 12.8. The van der Waals surface area contributed by atoms with Crippen molar-refractivity contribution in [3.05, 3.63) is 94.7 Å². The Kier molecular flexibility index (Phi) is 9.15. The van der Waals surface area contributed by atoms with Crippen molar-refractivity contribution >= 4 is 29.6 Å². The zero-order valence-electron chi connectivity index (χ0n) is 25.9. The molecular formula is C33H32ClF3N6O4. The molecular weight excluding hydrogens is 637 g/mol. The van der Waals surface area contributed by atoms with Gasteiger partial charge < -0.3 is 10.2 Å². The number of aliphatic imine (C=N–C) groups is 1. The highest BCUT2D eigenvalue weighted by Gasteiger charge is 2.55. The highest BCUT2D eigenvalue weighted by atomic mass is 35.5. The molecule has 47 heavy (non-hydrogen) atoms. The van der Waals surface area contributed by atoms with Gasteiger partial charge in [-0.05, 0) is 59.7 Å². The van der Waals surface area contributed by atoms with Crippen LogP contribution in [0.5, 0.6) is 0 Å². The monoisotopic (exact) mass is 668 g/mol. The lowest BCUT2D eigenvalue weighted by molar-refractivity contribution is -0.135. The summed E-state index contributed by atoms with van der Waals surface area (Å²) in [7, 11) is 0. The van der Waals surface area contributed by atoms with Gasteiger partial charge in [0.1, 0.15) is 5.82 Å². The number of amides is 2. The van der Waals surface area contributed by atoms with Crippen molar-refractivity contribution in [1.82, 2.24) is 25.0 Å². The van der Waals surface area contributed by atoms with Gasteiger partial charge in [0.2, 0.25) is 5.96 Å². The smallest absolute Gasteiger partial charge is 0.411 e. The Bertz CT molecular complexity index is 1880. The van der Waals surface area contributed by atoms with Crippen molar-refractivity contribution in [3.63, 3.8) is 0 Å². The summed E-state index contributed by atoms with van der Waals surface area (Å²) in [6.45, 7) is 3.77. The number of guanidine groups is 1.